The Morgan fingerprint density at radius 2 is 2.36 bits per heavy atom. The fourth-order valence-corrected chi connectivity index (χ4v) is 3.94. The Balaban J connectivity index is 1.50. The second-order valence-corrected chi connectivity index (χ2v) is 7.45. The lowest BCUT2D eigenvalue weighted by Gasteiger charge is -2.22. The average Bonchev–Trinajstić information content (AvgIpc) is 3.29. The van der Waals surface area contributed by atoms with Crippen molar-refractivity contribution in [3.8, 4) is 0 Å². The van der Waals surface area contributed by atoms with E-state index in [2.05, 4.69) is 37.0 Å². The molecule has 0 aliphatic carbocycles. The Hall–Kier alpha value is -2.25. The number of piperidine rings is 1. The number of H-pyrrole nitrogens is 1. The van der Waals surface area contributed by atoms with E-state index in [0.29, 0.717) is 29.2 Å². The third kappa shape index (κ3) is 3.72. The summed E-state index contributed by atoms with van der Waals surface area (Å²) >= 11 is 1.70. The van der Waals surface area contributed by atoms with Crippen LogP contribution in [-0.2, 0) is 6.42 Å². The van der Waals surface area contributed by atoms with Gasteiger partial charge in [0.15, 0.2) is 5.65 Å². The molecule has 1 atom stereocenters. The van der Waals surface area contributed by atoms with E-state index in [1.165, 1.54) is 11.3 Å². The van der Waals surface area contributed by atoms with Crippen molar-refractivity contribution in [3.63, 3.8) is 0 Å². The van der Waals surface area contributed by atoms with Crippen LogP contribution in [0.25, 0.3) is 11.2 Å². The van der Waals surface area contributed by atoms with Crippen LogP contribution < -0.4 is 10.6 Å². The van der Waals surface area contributed by atoms with Gasteiger partial charge in [-0.2, -0.15) is 0 Å². The number of aromatic nitrogens is 3. The van der Waals surface area contributed by atoms with Gasteiger partial charge < -0.3 is 15.6 Å². The molecular formula is C18H21N5OS. The summed E-state index contributed by atoms with van der Waals surface area (Å²) in [4.78, 5) is 26.0. The number of thiophene rings is 1. The lowest BCUT2D eigenvalue weighted by molar-refractivity contribution is 0.0946. The van der Waals surface area contributed by atoms with E-state index in [4.69, 9.17) is 0 Å². The number of rotatable bonds is 5. The summed E-state index contributed by atoms with van der Waals surface area (Å²) in [6.07, 6.45) is 4.72. The van der Waals surface area contributed by atoms with Crippen LogP contribution in [0.15, 0.2) is 29.8 Å². The first-order valence-electron chi connectivity index (χ1n) is 8.64. The van der Waals surface area contributed by atoms with Gasteiger partial charge in [-0.15, -0.1) is 11.3 Å². The Labute approximate surface area is 150 Å². The first-order chi connectivity index (χ1) is 12.3. The van der Waals surface area contributed by atoms with Gasteiger partial charge in [-0.05, 0) is 49.4 Å². The van der Waals surface area contributed by atoms with Gasteiger partial charge in [-0.3, -0.25) is 4.79 Å². The maximum Gasteiger partial charge on any atom is 0.253 e. The fourth-order valence-electron chi connectivity index (χ4n) is 3.23. The van der Waals surface area contributed by atoms with Crippen molar-refractivity contribution in [1.29, 1.82) is 0 Å². The van der Waals surface area contributed by atoms with Crippen LogP contribution in [0, 0.1) is 5.92 Å². The average molecular weight is 355 g/mol. The molecular weight excluding hydrogens is 334 g/mol. The molecule has 0 saturated carbocycles. The normalized spacial score (nSPS) is 17.7. The van der Waals surface area contributed by atoms with Crippen LogP contribution in [0.4, 0.5) is 0 Å². The van der Waals surface area contributed by atoms with Crippen LogP contribution in [0.3, 0.4) is 0 Å². The van der Waals surface area contributed by atoms with Gasteiger partial charge in [0.2, 0.25) is 0 Å². The molecule has 1 aliphatic heterocycles. The highest BCUT2D eigenvalue weighted by Crippen LogP contribution is 2.18. The Morgan fingerprint density at radius 3 is 3.16 bits per heavy atom. The van der Waals surface area contributed by atoms with Gasteiger partial charge in [0.05, 0.1) is 5.56 Å². The minimum absolute atomic E-state index is 0.0767. The number of imidazole rings is 1. The van der Waals surface area contributed by atoms with Gasteiger partial charge >= 0.3 is 0 Å². The lowest BCUT2D eigenvalue weighted by Crippen LogP contribution is -2.38. The molecule has 3 aromatic rings. The van der Waals surface area contributed by atoms with E-state index in [9.17, 15) is 4.79 Å². The molecule has 1 amide bonds. The van der Waals surface area contributed by atoms with E-state index in [0.717, 1.165) is 31.8 Å². The van der Waals surface area contributed by atoms with Crippen molar-refractivity contribution >= 4 is 28.4 Å². The van der Waals surface area contributed by atoms with Crippen LogP contribution in [0.1, 0.15) is 33.9 Å². The largest absolute Gasteiger partial charge is 0.352 e. The number of nitrogens with one attached hydrogen (secondary N) is 3. The van der Waals surface area contributed by atoms with Crippen molar-refractivity contribution in [3.05, 3.63) is 46.0 Å². The zero-order chi connectivity index (χ0) is 17.1. The molecule has 0 radical (unpaired) electrons. The number of amides is 1. The summed E-state index contributed by atoms with van der Waals surface area (Å²) in [5.41, 5.74) is 1.90. The predicted octanol–water partition coefficient (Wildman–Crippen LogP) is 2.34. The second-order valence-electron chi connectivity index (χ2n) is 6.42. The van der Waals surface area contributed by atoms with E-state index in [1.807, 2.05) is 6.07 Å². The van der Waals surface area contributed by atoms with E-state index >= 15 is 0 Å². The van der Waals surface area contributed by atoms with E-state index in [-0.39, 0.29) is 5.91 Å². The standard InChI is InChI=1S/C18H21N5OS/c24-18(21-11-12-3-1-6-19-10-12)14-5-7-20-17-16(14)22-15(23-17)9-13-4-2-8-25-13/h2,4-5,7-8,12,19H,1,3,6,9-11H2,(H,21,24)(H,20,22,23)/t12-/m1/s1. The Morgan fingerprint density at radius 1 is 1.40 bits per heavy atom. The van der Waals surface area contributed by atoms with Gasteiger partial charge in [0, 0.05) is 24.0 Å². The molecule has 1 aliphatic rings. The molecule has 3 N–H and O–H groups in total. The number of nitrogens with zero attached hydrogens (tertiary/aromatic N) is 2. The fraction of sp³-hybridized carbons (Fsp3) is 0.389. The minimum Gasteiger partial charge on any atom is -0.352 e. The number of fused-ring (bicyclic) bond motifs is 1. The number of carbonyl (C=O) groups excluding carboxylic acids is 1. The second kappa shape index (κ2) is 7.33. The molecule has 4 rings (SSSR count). The van der Waals surface area contributed by atoms with E-state index in [1.54, 1.807) is 23.6 Å². The molecule has 7 heteroatoms. The van der Waals surface area contributed by atoms with Gasteiger partial charge in [0.25, 0.3) is 5.91 Å². The van der Waals surface area contributed by atoms with Crippen molar-refractivity contribution in [1.82, 2.24) is 25.6 Å². The minimum atomic E-state index is -0.0767. The molecule has 4 heterocycles. The van der Waals surface area contributed by atoms with Crippen LogP contribution in [0.5, 0.6) is 0 Å². The van der Waals surface area contributed by atoms with Crippen LogP contribution in [0.2, 0.25) is 0 Å². The first-order valence-corrected chi connectivity index (χ1v) is 9.52. The molecule has 3 aromatic heterocycles. The monoisotopic (exact) mass is 355 g/mol. The molecule has 1 saturated heterocycles. The predicted molar refractivity (Wildman–Crippen MR) is 98.9 cm³/mol. The highest BCUT2D eigenvalue weighted by atomic mass is 32.1. The SMILES string of the molecule is O=C(NC[C@@H]1CCCNC1)c1ccnc2[nH]c(Cc3cccs3)nc12. The summed E-state index contributed by atoms with van der Waals surface area (Å²) in [5.74, 6) is 1.26. The zero-order valence-electron chi connectivity index (χ0n) is 13.9. The highest BCUT2D eigenvalue weighted by Gasteiger charge is 2.18. The highest BCUT2D eigenvalue weighted by molar-refractivity contribution is 7.09. The van der Waals surface area contributed by atoms with Crippen molar-refractivity contribution in [2.24, 2.45) is 5.92 Å². The van der Waals surface area contributed by atoms with Gasteiger partial charge in [-0.25, -0.2) is 9.97 Å². The number of carbonyl (C=O) groups is 1. The summed E-state index contributed by atoms with van der Waals surface area (Å²) in [6, 6.07) is 5.85. The van der Waals surface area contributed by atoms with Gasteiger partial charge in [0.1, 0.15) is 11.3 Å². The summed E-state index contributed by atoms with van der Waals surface area (Å²) in [7, 11) is 0. The summed E-state index contributed by atoms with van der Waals surface area (Å²) in [6.45, 7) is 2.75. The Kier molecular flexibility index (Phi) is 4.76. The number of aromatic amines is 1. The molecule has 130 valence electrons. The quantitative estimate of drug-likeness (QED) is 0.656. The first kappa shape index (κ1) is 16.2. The third-order valence-electron chi connectivity index (χ3n) is 4.55. The number of hydrogen-bond acceptors (Lipinski definition) is 5. The molecule has 0 aromatic carbocycles. The van der Waals surface area contributed by atoms with Crippen molar-refractivity contribution < 1.29 is 4.79 Å². The maximum absolute atomic E-state index is 12.6. The smallest absolute Gasteiger partial charge is 0.253 e. The summed E-state index contributed by atoms with van der Waals surface area (Å²) in [5, 5.41) is 8.48. The lowest BCUT2D eigenvalue weighted by atomic mass is 10.00. The van der Waals surface area contributed by atoms with Gasteiger partial charge in [-0.1, -0.05) is 6.07 Å². The Bertz CT molecular complexity index is 852. The van der Waals surface area contributed by atoms with Crippen molar-refractivity contribution in [2.45, 2.75) is 19.3 Å². The topological polar surface area (TPSA) is 82.7 Å². The molecule has 25 heavy (non-hydrogen) atoms. The third-order valence-corrected chi connectivity index (χ3v) is 5.43. The number of pyridine rings is 1. The summed E-state index contributed by atoms with van der Waals surface area (Å²) < 4.78 is 0. The molecule has 0 spiro atoms. The van der Waals surface area contributed by atoms with Crippen LogP contribution in [-0.4, -0.2) is 40.5 Å². The molecule has 0 bridgehead atoms. The maximum atomic E-state index is 12.6. The number of hydrogen-bond donors (Lipinski definition) is 3. The zero-order valence-corrected chi connectivity index (χ0v) is 14.7. The van der Waals surface area contributed by atoms with Crippen molar-refractivity contribution in [2.75, 3.05) is 19.6 Å². The van der Waals surface area contributed by atoms with E-state index < -0.39 is 0 Å². The van der Waals surface area contributed by atoms with Crippen LogP contribution >= 0.6 is 11.3 Å². The molecule has 0 unspecified atom stereocenters. The molecule has 6 nitrogen and oxygen atoms in total. The molecule has 1 fully saturated rings.